The van der Waals surface area contributed by atoms with Gasteiger partial charge in [0.1, 0.15) is 23.7 Å². The van der Waals surface area contributed by atoms with Gasteiger partial charge in [0.2, 0.25) is 11.8 Å². The lowest BCUT2D eigenvalue weighted by atomic mass is 10.1. The lowest BCUT2D eigenvalue weighted by molar-refractivity contribution is 0.102. The smallest absolute Gasteiger partial charge is 0.262 e. The number of hydrogen-bond donors (Lipinski definition) is 3. The summed E-state index contributed by atoms with van der Waals surface area (Å²) in [5.74, 6) is 0.657. The molecule has 0 bridgehead atoms. The Morgan fingerprint density at radius 2 is 1.97 bits per heavy atom. The van der Waals surface area contributed by atoms with E-state index in [1.54, 1.807) is 6.92 Å². The van der Waals surface area contributed by atoms with Crippen LogP contribution in [0.4, 0.5) is 17.3 Å². The number of aromatic hydroxyl groups is 1. The van der Waals surface area contributed by atoms with Crippen molar-refractivity contribution >= 4 is 34.8 Å². The van der Waals surface area contributed by atoms with Gasteiger partial charge in [-0.05, 0) is 63.8 Å². The van der Waals surface area contributed by atoms with E-state index in [-0.39, 0.29) is 23.1 Å². The predicted octanol–water partition coefficient (Wildman–Crippen LogP) is 4.40. The Labute approximate surface area is 203 Å². The Bertz CT molecular complexity index is 1190. The highest BCUT2D eigenvalue weighted by molar-refractivity contribution is 6.34. The van der Waals surface area contributed by atoms with Crippen LogP contribution in [0, 0.1) is 13.8 Å². The summed E-state index contributed by atoms with van der Waals surface area (Å²) in [6.07, 6.45) is 1.36. The van der Waals surface area contributed by atoms with Crippen molar-refractivity contribution in [3.8, 4) is 17.4 Å². The summed E-state index contributed by atoms with van der Waals surface area (Å²) in [5, 5.41) is 16.0. The van der Waals surface area contributed by atoms with E-state index in [1.165, 1.54) is 25.4 Å². The molecule has 10 heteroatoms. The number of carbonyl (C=O) groups excluding carboxylic acids is 1. The van der Waals surface area contributed by atoms with Gasteiger partial charge in [-0.2, -0.15) is 4.98 Å². The van der Waals surface area contributed by atoms with E-state index in [0.717, 1.165) is 23.5 Å². The summed E-state index contributed by atoms with van der Waals surface area (Å²) >= 11 is 6.18. The fourth-order valence-corrected chi connectivity index (χ4v) is 3.35. The number of benzene rings is 2. The van der Waals surface area contributed by atoms with Gasteiger partial charge in [0, 0.05) is 24.0 Å². The van der Waals surface area contributed by atoms with Gasteiger partial charge < -0.3 is 30.1 Å². The van der Waals surface area contributed by atoms with E-state index in [0.29, 0.717) is 22.9 Å². The monoisotopic (exact) mass is 485 g/mol. The summed E-state index contributed by atoms with van der Waals surface area (Å²) in [5.41, 5.74) is 2.60. The Kier molecular flexibility index (Phi) is 8.14. The van der Waals surface area contributed by atoms with Crippen LogP contribution in [0.5, 0.6) is 17.4 Å². The number of rotatable bonds is 9. The van der Waals surface area contributed by atoms with Crippen LogP contribution in [0.25, 0.3) is 0 Å². The SMILES string of the molecule is COc1nc(Nc2ccc(OCCN(C)C)c(C)c2)ncc1C(=O)Nc1c(Cl)ccc(O)c1C. The molecule has 3 N–H and O–H groups in total. The second kappa shape index (κ2) is 11.0. The normalized spacial score (nSPS) is 10.8. The van der Waals surface area contributed by atoms with Crippen LogP contribution in [0.2, 0.25) is 5.02 Å². The van der Waals surface area contributed by atoms with E-state index < -0.39 is 5.91 Å². The Morgan fingerprint density at radius 1 is 1.21 bits per heavy atom. The average molecular weight is 486 g/mol. The number of amides is 1. The third kappa shape index (κ3) is 6.06. The molecule has 180 valence electrons. The fraction of sp³-hybridized carbons (Fsp3) is 0.292. The van der Waals surface area contributed by atoms with Crippen molar-refractivity contribution in [1.29, 1.82) is 0 Å². The first-order chi connectivity index (χ1) is 16.2. The maximum absolute atomic E-state index is 12.8. The molecule has 1 aromatic heterocycles. The van der Waals surface area contributed by atoms with Gasteiger partial charge >= 0.3 is 0 Å². The molecular weight excluding hydrogens is 458 g/mol. The lowest BCUT2D eigenvalue weighted by Gasteiger charge is -2.15. The molecule has 0 fully saturated rings. The van der Waals surface area contributed by atoms with Gasteiger partial charge in [-0.3, -0.25) is 4.79 Å². The number of nitrogens with one attached hydrogen (secondary N) is 2. The number of methoxy groups -OCH3 is 1. The van der Waals surface area contributed by atoms with Gasteiger partial charge in [-0.1, -0.05) is 11.6 Å². The van der Waals surface area contributed by atoms with Crippen molar-refractivity contribution < 1.29 is 19.4 Å². The van der Waals surface area contributed by atoms with Crippen LogP contribution in [0.15, 0.2) is 36.5 Å². The minimum Gasteiger partial charge on any atom is -0.508 e. The summed E-state index contributed by atoms with van der Waals surface area (Å²) in [6.45, 7) is 5.03. The molecule has 1 heterocycles. The molecule has 0 unspecified atom stereocenters. The van der Waals surface area contributed by atoms with Crippen LogP contribution in [0.3, 0.4) is 0 Å². The Balaban J connectivity index is 1.75. The molecule has 0 radical (unpaired) electrons. The predicted molar refractivity (Wildman–Crippen MR) is 133 cm³/mol. The second-order valence-electron chi connectivity index (χ2n) is 7.89. The minimum atomic E-state index is -0.519. The molecule has 0 saturated carbocycles. The number of anilines is 3. The molecule has 0 saturated heterocycles. The second-order valence-corrected chi connectivity index (χ2v) is 8.30. The number of aromatic nitrogens is 2. The molecule has 1 amide bonds. The number of nitrogens with zero attached hydrogens (tertiary/aromatic N) is 3. The average Bonchev–Trinajstić information content (AvgIpc) is 2.80. The maximum Gasteiger partial charge on any atom is 0.262 e. The van der Waals surface area contributed by atoms with Gasteiger partial charge in [0.05, 0.1) is 17.8 Å². The first-order valence-corrected chi connectivity index (χ1v) is 10.9. The van der Waals surface area contributed by atoms with Crippen molar-refractivity contribution in [3.05, 3.63) is 58.2 Å². The van der Waals surface area contributed by atoms with Crippen molar-refractivity contribution in [2.75, 3.05) is 45.0 Å². The zero-order valence-corrected chi connectivity index (χ0v) is 20.5. The molecule has 2 aromatic carbocycles. The molecule has 0 atom stereocenters. The topological polar surface area (TPSA) is 109 Å². The van der Waals surface area contributed by atoms with Gasteiger partial charge in [0.15, 0.2) is 0 Å². The molecule has 0 aliphatic carbocycles. The third-order valence-corrected chi connectivity index (χ3v) is 5.36. The molecular formula is C24H28ClN5O4. The maximum atomic E-state index is 12.8. The van der Waals surface area contributed by atoms with E-state index >= 15 is 0 Å². The quantitative estimate of drug-likeness (QED) is 0.409. The molecule has 0 aliphatic heterocycles. The van der Waals surface area contributed by atoms with Crippen LogP contribution < -0.4 is 20.1 Å². The number of phenols is 1. The zero-order valence-electron chi connectivity index (χ0n) is 19.8. The lowest BCUT2D eigenvalue weighted by Crippen LogP contribution is -2.19. The van der Waals surface area contributed by atoms with Gasteiger partial charge in [-0.25, -0.2) is 4.98 Å². The number of phenolic OH excluding ortho intramolecular Hbond substituents is 1. The van der Waals surface area contributed by atoms with E-state index in [4.69, 9.17) is 21.1 Å². The first kappa shape index (κ1) is 25.1. The van der Waals surface area contributed by atoms with E-state index in [9.17, 15) is 9.90 Å². The number of likely N-dealkylation sites (N-methyl/N-ethyl adjacent to an activating group) is 1. The zero-order chi connectivity index (χ0) is 24.8. The summed E-state index contributed by atoms with van der Waals surface area (Å²) in [6, 6.07) is 8.63. The van der Waals surface area contributed by atoms with E-state index in [2.05, 4.69) is 25.5 Å². The standard InChI is InChI=1S/C24H28ClN5O4/c1-14-12-16(6-9-20(14)34-11-10-30(3)4)27-24-26-13-17(23(29-24)33-5)22(32)28-21-15(2)19(31)8-7-18(21)25/h6-9,12-13,31H,10-11H2,1-5H3,(H,28,32)(H,26,27,29). The number of ether oxygens (including phenoxy) is 2. The molecule has 3 aromatic rings. The minimum absolute atomic E-state index is 0.0203. The highest BCUT2D eigenvalue weighted by Crippen LogP contribution is 2.33. The molecule has 0 spiro atoms. The molecule has 3 rings (SSSR count). The number of hydrogen-bond acceptors (Lipinski definition) is 8. The van der Waals surface area contributed by atoms with Crippen molar-refractivity contribution in [1.82, 2.24) is 14.9 Å². The van der Waals surface area contributed by atoms with Gasteiger partial charge in [-0.15, -0.1) is 0 Å². The number of aryl methyl sites for hydroxylation is 1. The summed E-state index contributed by atoms with van der Waals surface area (Å²) in [4.78, 5) is 23.5. The number of carbonyl (C=O) groups is 1. The molecule has 9 nitrogen and oxygen atoms in total. The van der Waals surface area contributed by atoms with E-state index in [1.807, 2.05) is 39.2 Å². The summed E-state index contributed by atoms with van der Waals surface area (Å²) in [7, 11) is 5.41. The fourth-order valence-electron chi connectivity index (χ4n) is 3.10. The largest absolute Gasteiger partial charge is 0.508 e. The van der Waals surface area contributed by atoms with Gasteiger partial charge in [0.25, 0.3) is 5.91 Å². The van der Waals surface area contributed by atoms with Crippen molar-refractivity contribution in [2.45, 2.75) is 13.8 Å². The van der Waals surface area contributed by atoms with Crippen LogP contribution in [-0.4, -0.2) is 60.2 Å². The molecule has 0 aliphatic rings. The highest BCUT2D eigenvalue weighted by atomic mass is 35.5. The first-order valence-electron chi connectivity index (χ1n) is 10.5. The summed E-state index contributed by atoms with van der Waals surface area (Å²) < 4.78 is 11.1. The van der Waals surface area contributed by atoms with Crippen LogP contribution >= 0.6 is 11.6 Å². The third-order valence-electron chi connectivity index (χ3n) is 5.04. The van der Waals surface area contributed by atoms with Crippen LogP contribution in [-0.2, 0) is 0 Å². The Morgan fingerprint density at radius 3 is 2.65 bits per heavy atom. The Hall–Kier alpha value is -3.56. The van der Waals surface area contributed by atoms with Crippen molar-refractivity contribution in [2.24, 2.45) is 0 Å². The van der Waals surface area contributed by atoms with Crippen LogP contribution in [0.1, 0.15) is 21.5 Å². The molecule has 34 heavy (non-hydrogen) atoms. The van der Waals surface area contributed by atoms with Crippen molar-refractivity contribution in [3.63, 3.8) is 0 Å². The number of halogens is 1. The highest BCUT2D eigenvalue weighted by Gasteiger charge is 2.19.